The van der Waals surface area contributed by atoms with Crippen molar-refractivity contribution in [2.75, 3.05) is 11.9 Å². The van der Waals surface area contributed by atoms with Crippen LogP contribution in [0.15, 0.2) is 50.9 Å². The van der Waals surface area contributed by atoms with Crippen LogP contribution in [0.1, 0.15) is 24.1 Å². The first-order chi connectivity index (χ1) is 13.9. The first-order valence-electron chi connectivity index (χ1n) is 8.85. The van der Waals surface area contributed by atoms with Crippen LogP contribution >= 0.6 is 23.4 Å². The Hall–Kier alpha value is -2.63. The Morgan fingerprint density at radius 2 is 2.14 bits per heavy atom. The number of aromatic nitrogens is 1. The number of fused-ring (bicyclic) bond motifs is 1. The van der Waals surface area contributed by atoms with Crippen LogP contribution in [-0.4, -0.2) is 28.8 Å². The quantitative estimate of drug-likeness (QED) is 0.669. The van der Waals surface area contributed by atoms with Crippen LogP contribution < -0.4 is 5.32 Å². The van der Waals surface area contributed by atoms with Gasteiger partial charge < -0.3 is 10.3 Å². The number of amidine groups is 1. The van der Waals surface area contributed by atoms with Crippen LogP contribution in [0.3, 0.4) is 0 Å². The molecule has 0 fully saturated rings. The van der Waals surface area contributed by atoms with E-state index in [1.165, 1.54) is 17.8 Å². The molecule has 1 aromatic heterocycles. The number of rotatable bonds is 3. The smallest absolute Gasteiger partial charge is 0.268 e. The lowest BCUT2D eigenvalue weighted by molar-refractivity contribution is 0.0638. The first kappa shape index (κ1) is 19.7. The molecule has 1 aromatic carbocycles. The minimum atomic E-state index is -2.93. The number of halogens is 3. The lowest BCUT2D eigenvalue weighted by Crippen LogP contribution is -2.24. The molecular weight excluding hydrogens is 416 g/mol. The van der Waals surface area contributed by atoms with Crippen LogP contribution in [0, 0.1) is 17.2 Å². The molecule has 2 N–H and O–H groups in total. The number of hydrogen-bond donors (Lipinski definition) is 2. The highest BCUT2D eigenvalue weighted by Crippen LogP contribution is 2.40. The van der Waals surface area contributed by atoms with Crippen molar-refractivity contribution >= 4 is 46.6 Å². The van der Waals surface area contributed by atoms with Gasteiger partial charge >= 0.3 is 0 Å². The Morgan fingerprint density at radius 3 is 2.86 bits per heavy atom. The van der Waals surface area contributed by atoms with Crippen molar-refractivity contribution in [3.63, 3.8) is 0 Å². The molecule has 9 heteroatoms. The van der Waals surface area contributed by atoms with Crippen molar-refractivity contribution in [1.29, 1.82) is 5.26 Å². The Morgan fingerprint density at radius 1 is 1.34 bits per heavy atom. The molecule has 0 bridgehead atoms. The van der Waals surface area contributed by atoms with Crippen LogP contribution in [0.4, 0.5) is 14.6 Å². The summed E-state index contributed by atoms with van der Waals surface area (Å²) in [6, 6.07) is 8.96. The van der Waals surface area contributed by atoms with Gasteiger partial charge in [-0.2, -0.15) is 5.26 Å². The predicted octanol–water partition coefficient (Wildman–Crippen LogP) is 5.55. The van der Waals surface area contributed by atoms with Gasteiger partial charge in [-0.15, -0.1) is 0 Å². The number of aromatic amines is 1. The van der Waals surface area contributed by atoms with E-state index < -0.39 is 17.9 Å². The standard InChI is InChI=1S/C20H16ClF2N5S/c1-20(22,23)12-6-13-14(10-26-18(13)25-9-12)17-11(7-24)8-27-19(28-17)29-16-5-3-2-4-15(16)21/h2-6,8,10-11,17,25-26H,9H2,1H3/t11?,17-/m1/s1. The first-order valence-corrected chi connectivity index (χ1v) is 10.0. The monoisotopic (exact) mass is 431 g/mol. The molecule has 2 aromatic rings. The van der Waals surface area contributed by atoms with Crippen molar-refractivity contribution in [3.05, 3.63) is 52.2 Å². The summed E-state index contributed by atoms with van der Waals surface area (Å²) in [5.41, 5.74) is 1.25. The number of nitriles is 1. The predicted molar refractivity (Wildman–Crippen MR) is 113 cm³/mol. The number of alkyl halides is 2. The number of thioether (sulfide) groups is 1. The zero-order valence-corrected chi connectivity index (χ0v) is 16.9. The van der Waals surface area contributed by atoms with Gasteiger partial charge in [-0.25, -0.2) is 13.8 Å². The maximum atomic E-state index is 13.8. The molecule has 148 valence electrons. The molecule has 2 aliphatic heterocycles. The molecule has 0 saturated carbocycles. The lowest BCUT2D eigenvalue weighted by Gasteiger charge is -2.24. The highest BCUT2D eigenvalue weighted by Gasteiger charge is 2.34. The van der Waals surface area contributed by atoms with E-state index >= 15 is 0 Å². The average Bonchev–Trinajstić information content (AvgIpc) is 3.12. The van der Waals surface area contributed by atoms with Crippen LogP contribution in [0.5, 0.6) is 0 Å². The van der Waals surface area contributed by atoms with E-state index in [1.807, 2.05) is 18.2 Å². The molecule has 0 radical (unpaired) electrons. The van der Waals surface area contributed by atoms with Gasteiger partial charge in [0, 0.05) is 47.5 Å². The molecule has 2 atom stereocenters. The van der Waals surface area contributed by atoms with Crippen molar-refractivity contribution < 1.29 is 8.78 Å². The van der Waals surface area contributed by atoms with E-state index in [-0.39, 0.29) is 12.1 Å². The minimum absolute atomic E-state index is 0.0153. The van der Waals surface area contributed by atoms with Gasteiger partial charge in [0.1, 0.15) is 17.8 Å². The number of hydrogen-bond acceptors (Lipinski definition) is 5. The van der Waals surface area contributed by atoms with Gasteiger partial charge in [0.25, 0.3) is 5.92 Å². The van der Waals surface area contributed by atoms with E-state index in [1.54, 1.807) is 18.5 Å². The zero-order chi connectivity index (χ0) is 20.6. The van der Waals surface area contributed by atoms with E-state index in [9.17, 15) is 14.0 Å². The van der Waals surface area contributed by atoms with Crippen LogP contribution in [0.2, 0.25) is 5.02 Å². The number of aliphatic imine (C=N–C) groups is 2. The van der Waals surface area contributed by atoms with Crippen molar-refractivity contribution in [2.24, 2.45) is 15.9 Å². The Kier molecular flexibility index (Phi) is 5.19. The van der Waals surface area contributed by atoms with Gasteiger partial charge in [0.2, 0.25) is 0 Å². The summed E-state index contributed by atoms with van der Waals surface area (Å²) in [6.45, 7) is 0.931. The molecule has 5 nitrogen and oxygen atoms in total. The van der Waals surface area contributed by atoms with Crippen LogP contribution in [0.25, 0.3) is 6.08 Å². The molecule has 1 unspecified atom stereocenters. The Balaban J connectivity index is 1.71. The van der Waals surface area contributed by atoms with E-state index in [0.29, 0.717) is 27.1 Å². The lowest BCUT2D eigenvalue weighted by atomic mass is 9.91. The fourth-order valence-corrected chi connectivity index (χ4v) is 4.23. The summed E-state index contributed by atoms with van der Waals surface area (Å²) in [5, 5.41) is 13.6. The Labute approximate surface area is 175 Å². The largest absolute Gasteiger partial charge is 0.367 e. The summed E-state index contributed by atoms with van der Waals surface area (Å²) in [6.07, 6.45) is 4.74. The molecule has 29 heavy (non-hydrogen) atoms. The third-order valence-corrected chi connectivity index (χ3v) is 6.14. The van der Waals surface area contributed by atoms with Gasteiger partial charge in [-0.3, -0.25) is 4.99 Å². The fraction of sp³-hybridized carbons (Fsp3) is 0.250. The van der Waals surface area contributed by atoms with Crippen molar-refractivity contribution in [1.82, 2.24) is 4.98 Å². The second-order valence-electron chi connectivity index (χ2n) is 6.77. The molecule has 0 amide bonds. The third-order valence-electron chi connectivity index (χ3n) is 4.73. The number of benzene rings is 1. The SMILES string of the molecule is CC(F)(F)C1=Cc2c([C@@H]3N=C(Sc4ccccc4Cl)N=CC3C#N)c[nH]c2NC1. The van der Waals surface area contributed by atoms with E-state index in [0.717, 1.165) is 11.8 Å². The summed E-state index contributed by atoms with van der Waals surface area (Å²) >= 11 is 7.51. The van der Waals surface area contributed by atoms with E-state index in [2.05, 4.69) is 26.4 Å². The molecule has 3 heterocycles. The highest BCUT2D eigenvalue weighted by atomic mass is 35.5. The van der Waals surface area contributed by atoms with Gasteiger partial charge in [-0.05, 0) is 30.0 Å². The Bertz CT molecular complexity index is 1080. The number of H-pyrrole nitrogens is 1. The topological polar surface area (TPSA) is 76.3 Å². The number of nitrogens with one attached hydrogen (secondary N) is 2. The van der Waals surface area contributed by atoms with Crippen LogP contribution in [-0.2, 0) is 0 Å². The van der Waals surface area contributed by atoms with Gasteiger partial charge in [-0.1, -0.05) is 23.7 Å². The summed E-state index contributed by atoms with van der Waals surface area (Å²) in [7, 11) is 0. The number of anilines is 1. The normalized spacial score (nSPS) is 20.9. The summed E-state index contributed by atoms with van der Waals surface area (Å²) in [5.74, 6) is -2.90. The van der Waals surface area contributed by atoms with Crippen molar-refractivity contribution in [3.8, 4) is 6.07 Å². The van der Waals surface area contributed by atoms with E-state index in [4.69, 9.17) is 11.6 Å². The highest BCUT2D eigenvalue weighted by molar-refractivity contribution is 8.14. The third kappa shape index (κ3) is 3.93. The maximum absolute atomic E-state index is 13.8. The fourth-order valence-electron chi connectivity index (χ4n) is 3.19. The second kappa shape index (κ2) is 7.65. The molecule has 0 saturated heterocycles. The van der Waals surface area contributed by atoms with Gasteiger partial charge in [0.15, 0.2) is 5.17 Å². The molecule has 0 spiro atoms. The molecular formula is C20H16ClF2N5S. The zero-order valence-electron chi connectivity index (χ0n) is 15.3. The molecule has 4 rings (SSSR count). The minimum Gasteiger partial charge on any atom is -0.367 e. The maximum Gasteiger partial charge on any atom is 0.268 e. The van der Waals surface area contributed by atoms with Gasteiger partial charge in [0.05, 0.1) is 11.1 Å². The molecule has 2 aliphatic rings. The average molecular weight is 432 g/mol. The summed E-state index contributed by atoms with van der Waals surface area (Å²) < 4.78 is 27.7. The molecule has 0 aliphatic carbocycles. The summed E-state index contributed by atoms with van der Waals surface area (Å²) in [4.78, 5) is 12.8. The number of nitrogens with zero attached hydrogens (tertiary/aromatic N) is 3. The van der Waals surface area contributed by atoms with Crippen molar-refractivity contribution in [2.45, 2.75) is 23.8 Å². The second-order valence-corrected chi connectivity index (χ2v) is 8.18.